The van der Waals surface area contributed by atoms with E-state index in [0.29, 0.717) is 13.0 Å². The van der Waals surface area contributed by atoms with E-state index in [0.717, 1.165) is 11.6 Å². The minimum atomic E-state index is -3.01. The Morgan fingerprint density at radius 1 is 1.08 bits per heavy atom. The summed E-state index contributed by atoms with van der Waals surface area (Å²) >= 11 is 0. The number of amides is 1. The van der Waals surface area contributed by atoms with Gasteiger partial charge >= 0.3 is 12.6 Å². The molecule has 0 aliphatic carbocycles. The molecule has 0 aliphatic rings. The first-order chi connectivity index (χ1) is 12.4. The van der Waals surface area contributed by atoms with Gasteiger partial charge in [0.25, 0.3) is 5.91 Å². The summed E-state index contributed by atoms with van der Waals surface area (Å²) < 4.78 is 46.1. The van der Waals surface area contributed by atoms with Crippen molar-refractivity contribution < 1.29 is 32.2 Å². The van der Waals surface area contributed by atoms with Gasteiger partial charge in [0.05, 0.1) is 5.56 Å². The molecule has 1 amide bonds. The molecule has 0 atom stereocenters. The van der Waals surface area contributed by atoms with E-state index in [1.54, 1.807) is 12.1 Å². The van der Waals surface area contributed by atoms with Crippen LogP contribution in [0.2, 0.25) is 0 Å². The fourth-order valence-corrected chi connectivity index (χ4v) is 2.06. The van der Waals surface area contributed by atoms with E-state index in [1.165, 1.54) is 30.3 Å². The van der Waals surface area contributed by atoms with Crippen molar-refractivity contribution in [2.45, 2.75) is 13.0 Å². The average molecular weight is 367 g/mol. The first kappa shape index (κ1) is 19.3. The first-order valence-corrected chi connectivity index (χ1v) is 7.67. The SMILES string of the molecule is O=C(COC(=O)c1cccc(OC(F)F)c1)NCCc1ccc(F)cc1. The van der Waals surface area contributed by atoms with Gasteiger partial charge in [0.15, 0.2) is 6.61 Å². The lowest BCUT2D eigenvalue weighted by molar-refractivity contribution is -0.124. The maximum Gasteiger partial charge on any atom is 0.387 e. The van der Waals surface area contributed by atoms with Crippen LogP contribution in [0.5, 0.6) is 5.75 Å². The molecule has 2 aromatic rings. The van der Waals surface area contributed by atoms with Crippen LogP contribution in [0.25, 0.3) is 0 Å². The molecular weight excluding hydrogens is 351 g/mol. The number of esters is 1. The Labute approximate surface area is 147 Å². The number of benzene rings is 2. The maximum absolute atomic E-state index is 12.8. The molecule has 2 rings (SSSR count). The lowest BCUT2D eigenvalue weighted by Gasteiger charge is -2.08. The van der Waals surface area contributed by atoms with Crippen molar-refractivity contribution in [2.24, 2.45) is 0 Å². The van der Waals surface area contributed by atoms with E-state index < -0.39 is 25.1 Å². The number of ether oxygens (including phenoxy) is 2. The predicted molar refractivity (Wildman–Crippen MR) is 86.5 cm³/mol. The third-order valence-corrected chi connectivity index (χ3v) is 3.28. The molecule has 0 heterocycles. The summed E-state index contributed by atoms with van der Waals surface area (Å²) in [7, 11) is 0. The molecule has 0 unspecified atom stereocenters. The normalized spacial score (nSPS) is 10.5. The van der Waals surface area contributed by atoms with Crippen LogP contribution in [0.15, 0.2) is 48.5 Å². The van der Waals surface area contributed by atoms with Crippen molar-refractivity contribution in [3.63, 3.8) is 0 Å². The highest BCUT2D eigenvalue weighted by molar-refractivity contribution is 5.91. The number of hydrogen-bond donors (Lipinski definition) is 1. The Kier molecular flexibility index (Phi) is 7.02. The molecular formula is C18H16F3NO4. The van der Waals surface area contributed by atoms with Crippen molar-refractivity contribution >= 4 is 11.9 Å². The zero-order chi connectivity index (χ0) is 18.9. The van der Waals surface area contributed by atoms with E-state index in [1.807, 2.05) is 0 Å². The van der Waals surface area contributed by atoms with E-state index >= 15 is 0 Å². The molecule has 0 saturated carbocycles. The maximum atomic E-state index is 12.8. The van der Waals surface area contributed by atoms with E-state index in [-0.39, 0.29) is 17.1 Å². The Morgan fingerprint density at radius 2 is 1.81 bits per heavy atom. The molecule has 8 heteroatoms. The standard InChI is InChI=1S/C18H16F3NO4/c19-14-6-4-12(5-7-14)8-9-22-16(23)11-25-17(24)13-2-1-3-15(10-13)26-18(20)21/h1-7,10,18H,8-9,11H2,(H,22,23). The Hall–Kier alpha value is -3.03. The number of halogens is 3. The van der Waals surface area contributed by atoms with Gasteiger partial charge in [-0.05, 0) is 42.3 Å². The molecule has 5 nitrogen and oxygen atoms in total. The van der Waals surface area contributed by atoms with Crippen LogP contribution >= 0.6 is 0 Å². The second-order valence-electron chi connectivity index (χ2n) is 5.21. The smallest absolute Gasteiger partial charge is 0.387 e. The van der Waals surface area contributed by atoms with Crippen LogP contribution in [0, 0.1) is 5.82 Å². The zero-order valence-corrected chi connectivity index (χ0v) is 13.6. The van der Waals surface area contributed by atoms with Crippen LogP contribution in [0.4, 0.5) is 13.2 Å². The number of carbonyl (C=O) groups excluding carboxylic acids is 2. The lowest BCUT2D eigenvalue weighted by Crippen LogP contribution is -2.30. The summed E-state index contributed by atoms with van der Waals surface area (Å²) in [6, 6.07) is 10.9. The third kappa shape index (κ3) is 6.46. The highest BCUT2D eigenvalue weighted by Crippen LogP contribution is 2.16. The molecule has 0 radical (unpaired) electrons. The number of carbonyl (C=O) groups is 2. The monoisotopic (exact) mass is 367 g/mol. The Balaban J connectivity index is 1.74. The van der Waals surface area contributed by atoms with Crippen LogP contribution in [-0.2, 0) is 16.0 Å². The van der Waals surface area contributed by atoms with Gasteiger partial charge in [-0.25, -0.2) is 9.18 Å². The van der Waals surface area contributed by atoms with Gasteiger partial charge in [0.1, 0.15) is 11.6 Å². The van der Waals surface area contributed by atoms with Gasteiger partial charge in [-0.2, -0.15) is 8.78 Å². The minimum Gasteiger partial charge on any atom is -0.452 e. The van der Waals surface area contributed by atoms with Crippen molar-refractivity contribution in [3.8, 4) is 5.75 Å². The number of rotatable bonds is 8. The van der Waals surface area contributed by atoms with E-state index in [9.17, 15) is 22.8 Å². The zero-order valence-electron chi connectivity index (χ0n) is 13.6. The summed E-state index contributed by atoms with van der Waals surface area (Å²) in [4.78, 5) is 23.5. The molecule has 26 heavy (non-hydrogen) atoms. The Bertz CT molecular complexity index is 750. The molecule has 0 spiro atoms. The van der Waals surface area contributed by atoms with Gasteiger partial charge in [-0.15, -0.1) is 0 Å². The van der Waals surface area contributed by atoms with Crippen LogP contribution < -0.4 is 10.1 Å². The highest BCUT2D eigenvalue weighted by atomic mass is 19.3. The third-order valence-electron chi connectivity index (χ3n) is 3.28. The summed E-state index contributed by atoms with van der Waals surface area (Å²) in [5.41, 5.74) is 0.835. The van der Waals surface area contributed by atoms with Crippen LogP contribution in [-0.4, -0.2) is 31.6 Å². The second kappa shape index (κ2) is 9.45. The lowest BCUT2D eigenvalue weighted by atomic mass is 10.1. The van der Waals surface area contributed by atoms with Gasteiger partial charge < -0.3 is 14.8 Å². The predicted octanol–water partition coefficient (Wildman–Crippen LogP) is 2.94. The van der Waals surface area contributed by atoms with Gasteiger partial charge in [-0.3, -0.25) is 4.79 Å². The fraction of sp³-hybridized carbons (Fsp3) is 0.222. The number of hydrogen-bond acceptors (Lipinski definition) is 4. The molecule has 0 saturated heterocycles. The van der Waals surface area contributed by atoms with Crippen LogP contribution in [0.1, 0.15) is 15.9 Å². The van der Waals surface area contributed by atoms with E-state index in [4.69, 9.17) is 4.74 Å². The molecule has 1 N–H and O–H groups in total. The van der Waals surface area contributed by atoms with Gasteiger partial charge in [0, 0.05) is 6.54 Å². The average Bonchev–Trinajstić information content (AvgIpc) is 2.61. The first-order valence-electron chi connectivity index (χ1n) is 7.67. The van der Waals surface area contributed by atoms with Gasteiger partial charge in [-0.1, -0.05) is 18.2 Å². The van der Waals surface area contributed by atoms with Crippen molar-refractivity contribution in [1.29, 1.82) is 0 Å². The van der Waals surface area contributed by atoms with Crippen molar-refractivity contribution in [3.05, 3.63) is 65.5 Å². The summed E-state index contributed by atoms with van der Waals surface area (Å²) in [5.74, 6) is -1.87. The summed E-state index contributed by atoms with van der Waals surface area (Å²) in [6.45, 7) is -3.23. The molecule has 0 aliphatic heterocycles. The Morgan fingerprint density at radius 3 is 2.50 bits per heavy atom. The number of alkyl halides is 2. The fourth-order valence-electron chi connectivity index (χ4n) is 2.06. The van der Waals surface area contributed by atoms with Crippen LogP contribution in [0.3, 0.4) is 0 Å². The quantitative estimate of drug-likeness (QED) is 0.729. The van der Waals surface area contributed by atoms with Crippen molar-refractivity contribution in [2.75, 3.05) is 13.2 Å². The molecule has 138 valence electrons. The summed E-state index contributed by atoms with van der Waals surface area (Å²) in [5, 5.41) is 2.56. The molecule has 0 fully saturated rings. The number of nitrogens with one attached hydrogen (secondary N) is 1. The van der Waals surface area contributed by atoms with Gasteiger partial charge in [0.2, 0.25) is 0 Å². The summed E-state index contributed by atoms with van der Waals surface area (Å²) in [6.07, 6.45) is 0.493. The second-order valence-corrected chi connectivity index (χ2v) is 5.21. The molecule has 2 aromatic carbocycles. The molecule has 0 aromatic heterocycles. The minimum absolute atomic E-state index is 0.0118. The van der Waals surface area contributed by atoms with E-state index in [2.05, 4.69) is 10.1 Å². The largest absolute Gasteiger partial charge is 0.452 e. The topological polar surface area (TPSA) is 64.6 Å². The highest BCUT2D eigenvalue weighted by Gasteiger charge is 2.12. The van der Waals surface area contributed by atoms with Crippen molar-refractivity contribution in [1.82, 2.24) is 5.32 Å². The molecule has 0 bridgehead atoms.